The van der Waals surface area contributed by atoms with Crippen molar-refractivity contribution in [2.24, 2.45) is 0 Å². The molecule has 0 amide bonds. The van der Waals surface area contributed by atoms with Crippen molar-refractivity contribution in [3.63, 3.8) is 0 Å². The smallest absolute Gasteiger partial charge is 0.306 e. The van der Waals surface area contributed by atoms with E-state index >= 15 is 0 Å². The van der Waals surface area contributed by atoms with Gasteiger partial charge in [0.25, 0.3) is 7.82 Å². The van der Waals surface area contributed by atoms with Crippen molar-refractivity contribution in [2.45, 2.75) is 290 Å². The molecule has 0 radical (unpaired) electrons. The monoisotopic (exact) mass is 1270 g/mol. The van der Waals surface area contributed by atoms with E-state index in [2.05, 4.69) is 172 Å². The second kappa shape index (κ2) is 69.0. The summed E-state index contributed by atoms with van der Waals surface area (Å²) in [5, 5.41) is 0. The lowest BCUT2D eigenvalue weighted by Crippen LogP contribution is -2.37. The average Bonchev–Trinajstić information content (AvgIpc) is 3.58. The van der Waals surface area contributed by atoms with Crippen molar-refractivity contribution in [1.82, 2.24) is 0 Å². The Labute approximate surface area is 554 Å². The molecule has 0 saturated heterocycles. The van der Waals surface area contributed by atoms with Crippen LogP contribution in [0.4, 0.5) is 0 Å². The highest BCUT2D eigenvalue weighted by atomic mass is 31.2. The molecule has 0 N–H and O–H groups in total. The van der Waals surface area contributed by atoms with Crippen LogP contribution in [0.3, 0.4) is 0 Å². The van der Waals surface area contributed by atoms with Gasteiger partial charge in [0, 0.05) is 12.8 Å². The van der Waals surface area contributed by atoms with Gasteiger partial charge in [0.05, 0.1) is 27.7 Å². The number of phosphoric ester groups is 1. The number of carbonyl (C=O) groups is 2. The molecule has 9 nitrogen and oxygen atoms in total. The molecule has 90 heavy (non-hydrogen) atoms. The number of nitrogens with zero attached hydrogens (tertiary/aromatic N) is 1. The summed E-state index contributed by atoms with van der Waals surface area (Å²) in [5.74, 6) is -0.875. The fourth-order valence-electron chi connectivity index (χ4n) is 9.52. The maximum atomic E-state index is 12.9. The zero-order valence-corrected chi connectivity index (χ0v) is 59.2. The van der Waals surface area contributed by atoms with Gasteiger partial charge in [-0.05, 0) is 128 Å². The van der Waals surface area contributed by atoms with Gasteiger partial charge in [-0.2, -0.15) is 0 Å². The van der Waals surface area contributed by atoms with Gasteiger partial charge in [-0.25, -0.2) is 0 Å². The fraction of sp³-hybridized carbons (Fsp3) is 0.650. The van der Waals surface area contributed by atoms with Crippen LogP contribution < -0.4 is 4.89 Å². The Hall–Kier alpha value is -4.37. The van der Waals surface area contributed by atoms with Crippen LogP contribution >= 0.6 is 7.82 Å². The molecule has 0 saturated carbocycles. The van der Waals surface area contributed by atoms with Gasteiger partial charge < -0.3 is 27.9 Å². The first-order valence-electron chi connectivity index (χ1n) is 36.2. The Morgan fingerprint density at radius 3 is 0.956 bits per heavy atom. The van der Waals surface area contributed by atoms with Crippen molar-refractivity contribution in [2.75, 3.05) is 47.5 Å². The number of quaternary nitrogens is 1. The van der Waals surface area contributed by atoms with Crippen LogP contribution in [0.25, 0.3) is 0 Å². The minimum Gasteiger partial charge on any atom is -0.756 e. The van der Waals surface area contributed by atoms with E-state index in [9.17, 15) is 19.0 Å². The Morgan fingerprint density at radius 1 is 0.356 bits per heavy atom. The first-order valence-corrected chi connectivity index (χ1v) is 37.7. The topological polar surface area (TPSA) is 111 Å². The summed E-state index contributed by atoms with van der Waals surface area (Å²) in [6.07, 6.45) is 103. The van der Waals surface area contributed by atoms with Gasteiger partial charge in [0.1, 0.15) is 19.8 Å². The quantitative estimate of drug-likeness (QED) is 0.0195. The van der Waals surface area contributed by atoms with Crippen molar-refractivity contribution in [3.8, 4) is 0 Å². The van der Waals surface area contributed by atoms with Crippen LogP contribution in [-0.4, -0.2) is 70.0 Å². The highest BCUT2D eigenvalue weighted by Crippen LogP contribution is 2.38. The molecule has 0 aromatic carbocycles. The minimum absolute atomic E-state index is 0.0450. The van der Waals surface area contributed by atoms with Gasteiger partial charge >= 0.3 is 11.9 Å². The highest BCUT2D eigenvalue weighted by molar-refractivity contribution is 7.45. The lowest BCUT2D eigenvalue weighted by molar-refractivity contribution is -0.870. The van der Waals surface area contributed by atoms with Crippen molar-refractivity contribution in [3.05, 3.63) is 158 Å². The number of rotatable bonds is 65. The second-order valence-corrected chi connectivity index (χ2v) is 26.3. The minimum atomic E-state index is -4.66. The molecular weight excluding hydrogens is 1130 g/mol. The summed E-state index contributed by atoms with van der Waals surface area (Å²) in [4.78, 5) is 38.1. The molecule has 10 heteroatoms. The SMILES string of the molecule is CC/C=C\C/C=C\C/C=C\C/C=C\C/C=C\C/C=C\C/C=C\C/C=C\C/C=C\C/C=C\C/C=C\CCCCCC(=O)OC(COC(=O)CCCCCCCCCCCCCCCCCCC/C=C\C/C=C\CCCCCCC)COP(=O)([O-])OCC[N+](C)(C)C. The molecule has 0 fully saturated rings. The molecule has 0 aliphatic heterocycles. The predicted octanol–water partition coefficient (Wildman–Crippen LogP) is 23.3. The number of likely N-dealkylation sites (N-methyl/N-ethyl adjacent to an activating group) is 1. The molecule has 0 heterocycles. The summed E-state index contributed by atoms with van der Waals surface area (Å²) in [6, 6.07) is 0. The number of allylic oxidation sites excluding steroid dienone is 26. The number of hydrogen-bond acceptors (Lipinski definition) is 8. The summed E-state index contributed by atoms with van der Waals surface area (Å²) >= 11 is 0. The molecule has 0 aromatic heterocycles. The molecule has 0 rings (SSSR count). The molecule has 2 unspecified atom stereocenters. The van der Waals surface area contributed by atoms with Crippen LogP contribution in [0.2, 0.25) is 0 Å². The third-order valence-corrected chi connectivity index (χ3v) is 16.0. The second-order valence-electron chi connectivity index (χ2n) is 24.9. The van der Waals surface area contributed by atoms with Gasteiger partial charge in [0.2, 0.25) is 0 Å². The van der Waals surface area contributed by atoms with Crippen LogP contribution in [0.1, 0.15) is 284 Å². The number of carbonyl (C=O) groups excluding carboxylic acids is 2. The normalized spacial score (nSPS) is 14.1. The van der Waals surface area contributed by atoms with Crippen LogP contribution in [0.15, 0.2) is 158 Å². The zero-order valence-electron chi connectivity index (χ0n) is 58.3. The van der Waals surface area contributed by atoms with E-state index in [0.717, 1.165) is 116 Å². The molecule has 0 bridgehead atoms. The Kier molecular flexibility index (Phi) is 65.6. The van der Waals surface area contributed by atoms with Gasteiger partial charge in [-0.3, -0.25) is 14.2 Å². The molecule has 0 aliphatic carbocycles. The lowest BCUT2D eigenvalue weighted by Gasteiger charge is -2.28. The van der Waals surface area contributed by atoms with E-state index in [1.54, 1.807) is 0 Å². The van der Waals surface area contributed by atoms with E-state index in [4.69, 9.17) is 18.5 Å². The molecule has 2 atom stereocenters. The summed E-state index contributed by atoms with van der Waals surface area (Å²) in [6.45, 7) is 4.08. The van der Waals surface area contributed by atoms with E-state index in [-0.39, 0.29) is 26.1 Å². The van der Waals surface area contributed by atoms with Crippen LogP contribution in [-0.2, 0) is 32.7 Å². The Morgan fingerprint density at radius 2 is 0.633 bits per heavy atom. The van der Waals surface area contributed by atoms with Crippen molar-refractivity contribution < 1.29 is 42.1 Å². The average molecular weight is 1270 g/mol. The van der Waals surface area contributed by atoms with E-state index in [1.807, 2.05) is 21.1 Å². The fourth-order valence-corrected chi connectivity index (χ4v) is 10.2. The van der Waals surface area contributed by atoms with E-state index in [0.29, 0.717) is 17.4 Å². The largest absolute Gasteiger partial charge is 0.756 e. The Bertz CT molecular complexity index is 2080. The molecule has 0 aromatic rings. The lowest BCUT2D eigenvalue weighted by atomic mass is 10.0. The highest BCUT2D eigenvalue weighted by Gasteiger charge is 2.22. The third-order valence-electron chi connectivity index (χ3n) is 15.0. The maximum absolute atomic E-state index is 12.9. The maximum Gasteiger partial charge on any atom is 0.306 e. The third kappa shape index (κ3) is 72.7. The van der Waals surface area contributed by atoms with E-state index < -0.39 is 32.5 Å². The number of phosphoric acid groups is 1. The van der Waals surface area contributed by atoms with Crippen LogP contribution in [0, 0.1) is 0 Å². The molecular formula is C80H134NO8P. The van der Waals surface area contributed by atoms with Gasteiger partial charge in [0.15, 0.2) is 6.10 Å². The first kappa shape index (κ1) is 85.6. The first-order chi connectivity index (χ1) is 44.0. The number of hydrogen-bond donors (Lipinski definition) is 0. The van der Waals surface area contributed by atoms with Gasteiger partial charge in [-0.15, -0.1) is 0 Å². The van der Waals surface area contributed by atoms with E-state index in [1.165, 1.54) is 135 Å². The van der Waals surface area contributed by atoms with Crippen molar-refractivity contribution >= 4 is 19.8 Å². The van der Waals surface area contributed by atoms with Crippen molar-refractivity contribution in [1.29, 1.82) is 0 Å². The zero-order chi connectivity index (χ0) is 65.5. The number of unbranched alkanes of at least 4 members (excludes halogenated alkanes) is 25. The summed E-state index contributed by atoms with van der Waals surface area (Å²) in [5.41, 5.74) is 0. The molecule has 0 spiro atoms. The summed E-state index contributed by atoms with van der Waals surface area (Å²) in [7, 11) is 1.13. The number of esters is 2. The number of ether oxygens (including phenoxy) is 2. The summed E-state index contributed by atoms with van der Waals surface area (Å²) < 4.78 is 34.3. The predicted molar refractivity (Wildman–Crippen MR) is 387 cm³/mol. The van der Waals surface area contributed by atoms with Gasteiger partial charge in [-0.1, -0.05) is 300 Å². The van der Waals surface area contributed by atoms with Crippen LogP contribution in [0.5, 0.6) is 0 Å². The molecule has 512 valence electrons. The molecule has 0 aliphatic rings. The standard InChI is InChI=1S/C80H134NO8P/c1-6-8-10-12-14-16-18-20-22-24-26-28-30-32-34-36-37-38-39-40-41-42-43-45-47-49-51-53-55-57-59-61-63-65-67-69-71-73-80(83)89-78(77-88-90(84,85)87-75-74-81(3,4)5)76-86-79(82)72-70-68-66-64-62-60-58-56-54-52-50-48-46-44-35-33-31-29-27-25-23-21-19-17-15-13-11-9-7-2/h8,10,14,16,19-22,25-28,32,34,37-38,40-41,43,45,49,51,55,57,61,63,78H,6-7,9,11-13,15,17-18,23-24,29-31,33,35-36,39,42,44,46-48,50,52-54,56,58-60,62,64-77H2,1-5H3/b10-8-,16-14-,21-19-,22-20-,27-25-,28-26-,34-32-,38-37-,41-40-,45-43-,51-49-,57-55-,63-61-. The Balaban J connectivity index is 4.17.